The molecule has 0 bridgehead atoms. The molecule has 3 aromatic rings. The smallest absolute Gasteiger partial charge is 0.166 e. The van der Waals surface area contributed by atoms with E-state index in [9.17, 15) is 0 Å². The molecule has 0 spiro atoms. The van der Waals surface area contributed by atoms with Crippen LogP contribution in [0.15, 0.2) is 71.4 Å². The van der Waals surface area contributed by atoms with E-state index in [4.69, 9.17) is 4.52 Å². The minimum atomic E-state index is 0.845. The van der Waals surface area contributed by atoms with Crippen molar-refractivity contribution in [2.24, 2.45) is 0 Å². The van der Waals surface area contributed by atoms with Gasteiger partial charge in [0.25, 0.3) is 0 Å². The summed E-state index contributed by atoms with van der Waals surface area (Å²) in [6.07, 6.45) is 1.70. The van der Waals surface area contributed by atoms with Crippen molar-refractivity contribution in [1.82, 2.24) is 5.16 Å². The van der Waals surface area contributed by atoms with Crippen molar-refractivity contribution < 1.29 is 4.52 Å². The molecule has 0 saturated carbocycles. The third-order valence-electron chi connectivity index (χ3n) is 1.93. The van der Waals surface area contributed by atoms with Crippen molar-refractivity contribution in [2.45, 2.75) is 0 Å². The Hall–Kier alpha value is -2.09. The first-order valence-electron chi connectivity index (χ1n) is 4.76. The molecule has 74 valence electrons. The van der Waals surface area contributed by atoms with Crippen molar-refractivity contribution in [1.29, 1.82) is 0 Å². The lowest BCUT2D eigenvalue weighted by molar-refractivity contribution is 0.456. The van der Waals surface area contributed by atoms with Gasteiger partial charge in [-0.25, -0.2) is 0 Å². The van der Waals surface area contributed by atoms with Crippen molar-refractivity contribution in [3.8, 4) is 0 Å². The second kappa shape index (κ2) is 4.96. The summed E-state index contributed by atoms with van der Waals surface area (Å²) >= 11 is 0. The summed E-state index contributed by atoms with van der Waals surface area (Å²) in [6.45, 7) is 0. The van der Waals surface area contributed by atoms with Gasteiger partial charge in [-0.3, -0.25) is 0 Å². The molecule has 0 atom stereocenters. The van der Waals surface area contributed by atoms with Crippen LogP contribution in [0.25, 0.3) is 11.0 Å². The van der Waals surface area contributed by atoms with Crippen LogP contribution in [-0.2, 0) is 0 Å². The summed E-state index contributed by atoms with van der Waals surface area (Å²) in [4.78, 5) is 0. The molecular weight excluding hydrogens is 186 g/mol. The van der Waals surface area contributed by atoms with E-state index in [2.05, 4.69) is 5.16 Å². The van der Waals surface area contributed by atoms with E-state index in [0.717, 1.165) is 11.0 Å². The Labute approximate surface area is 88.1 Å². The van der Waals surface area contributed by atoms with Gasteiger partial charge in [0.2, 0.25) is 0 Å². The standard InChI is InChI=1S/C7H5NO.C6H6/c1-2-4-7-6(3-1)5-8-9-7;1-2-4-6-5-3-1/h1-5H;1-6H. The van der Waals surface area contributed by atoms with Gasteiger partial charge in [0, 0.05) is 5.39 Å². The largest absolute Gasteiger partial charge is 0.356 e. The van der Waals surface area contributed by atoms with Crippen molar-refractivity contribution in [3.63, 3.8) is 0 Å². The van der Waals surface area contributed by atoms with E-state index in [1.54, 1.807) is 6.20 Å². The summed E-state index contributed by atoms with van der Waals surface area (Å²) in [5.41, 5.74) is 0.845. The average molecular weight is 197 g/mol. The third kappa shape index (κ3) is 2.68. The quantitative estimate of drug-likeness (QED) is 0.551. The zero-order valence-corrected chi connectivity index (χ0v) is 8.21. The molecule has 3 rings (SSSR count). The maximum absolute atomic E-state index is 4.87. The van der Waals surface area contributed by atoms with E-state index in [-0.39, 0.29) is 0 Å². The molecule has 0 amide bonds. The van der Waals surface area contributed by atoms with Crippen LogP contribution in [0.5, 0.6) is 0 Å². The zero-order valence-electron chi connectivity index (χ0n) is 8.21. The van der Waals surface area contributed by atoms with Crippen LogP contribution in [0.1, 0.15) is 0 Å². The van der Waals surface area contributed by atoms with Gasteiger partial charge in [0.05, 0.1) is 6.20 Å². The molecule has 1 aromatic heterocycles. The predicted molar refractivity (Wildman–Crippen MR) is 60.5 cm³/mol. The molecule has 15 heavy (non-hydrogen) atoms. The Morgan fingerprint density at radius 1 is 0.733 bits per heavy atom. The summed E-state index contributed by atoms with van der Waals surface area (Å²) in [5.74, 6) is 0. The van der Waals surface area contributed by atoms with Crippen LogP contribution in [-0.4, -0.2) is 5.16 Å². The van der Waals surface area contributed by atoms with Gasteiger partial charge in [-0.1, -0.05) is 53.7 Å². The molecule has 2 heteroatoms. The highest BCUT2D eigenvalue weighted by atomic mass is 16.5. The predicted octanol–water partition coefficient (Wildman–Crippen LogP) is 3.51. The summed E-state index contributed by atoms with van der Waals surface area (Å²) in [7, 11) is 0. The summed E-state index contributed by atoms with van der Waals surface area (Å²) < 4.78 is 4.87. The lowest BCUT2D eigenvalue weighted by atomic mass is 10.3. The number of para-hydroxylation sites is 1. The van der Waals surface area contributed by atoms with Crippen LogP contribution in [0, 0.1) is 0 Å². The molecule has 0 saturated heterocycles. The maximum atomic E-state index is 4.87. The second-order valence-electron chi connectivity index (χ2n) is 3.02. The summed E-state index contributed by atoms with van der Waals surface area (Å²) in [5, 5.41) is 4.68. The minimum Gasteiger partial charge on any atom is -0.356 e. The lowest BCUT2D eigenvalue weighted by Crippen LogP contribution is -1.57. The average Bonchev–Trinajstić information content (AvgIpc) is 2.80. The van der Waals surface area contributed by atoms with Gasteiger partial charge in [-0.05, 0) is 12.1 Å². The van der Waals surface area contributed by atoms with Crippen molar-refractivity contribution >= 4 is 11.0 Å². The first kappa shape index (κ1) is 9.46. The molecule has 0 fully saturated rings. The Kier molecular flexibility index (Phi) is 3.13. The summed E-state index contributed by atoms with van der Waals surface area (Å²) in [6, 6.07) is 19.7. The minimum absolute atomic E-state index is 0.845. The number of rotatable bonds is 0. The van der Waals surface area contributed by atoms with E-state index in [1.165, 1.54) is 0 Å². The van der Waals surface area contributed by atoms with Gasteiger partial charge >= 0.3 is 0 Å². The molecule has 2 aromatic carbocycles. The van der Waals surface area contributed by atoms with Crippen LogP contribution in [0.2, 0.25) is 0 Å². The Bertz CT molecular complexity index is 445. The first-order chi connectivity index (χ1) is 7.47. The number of fused-ring (bicyclic) bond motifs is 1. The van der Waals surface area contributed by atoms with Gasteiger partial charge in [0.15, 0.2) is 5.58 Å². The van der Waals surface area contributed by atoms with Crippen LogP contribution < -0.4 is 0 Å². The van der Waals surface area contributed by atoms with Crippen molar-refractivity contribution in [3.05, 3.63) is 66.9 Å². The Morgan fingerprint density at radius 3 is 1.93 bits per heavy atom. The second-order valence-corrected chi connectivity index (χ2v) is 3.02. The topological polar surface area (TPSA) is 26.0 Å². The first-order valence-corrected chi connectivity index (χ1v) is 4.76. The number of benzene rings is 2. The highest BCUT2D eigenvalue weighted by Crippen LogP contribution is 2.10. The number of hydrogen-bond acceptors (Lipinski definition) is 2. The van der Waals surface area contributed by atoms with Gasteiger partial charge < -0.3 is 4.52 Å². The van der Waals surface area contributed by atoms with E-state index in [0.29, 0.717) is 0 Å². The number of nitrogens with zero attached hydrogens (tertiary/aromatic N) is 1. The highest BCUT2D eigenvalue weighted by molar-refractivity contribution is 5.75. The molecule has 0 unspecified atom stereocenters. The molecule has 0 aliphatic carbocycles. The Morgan fingerprint density at radius 2 is 1.33 bits per heavy atom. The van der Waals surface area contributed by atoms with Crippen LogP contribution in [0.4, 0.5) is 0 Å². The van der Waals surface area contributed by atoms with Gasteiger partial charge in [-0.2, -0.15) is 0 Å². The Balaban J connectivity index is 0.000000124. The van der Waals surface area contributed by atoms with Crippen LogP contribution in [0.3, 0.4) is 0 Å². The number of aromatic nitrogens is 1. The molecule has 0 aliphatic rings. The van der Waals surface area contributed by atoms with Crippen LogP contribution >= 0.6 is 0 Å². The lowest BCUT2D eigenvalue weighted by Gasteiger charge is -1.78. The molecule has 2 nitrogen and oxygen atoms in total. The SMILES string of the molecule is c1ccc2oncc2c1.c1ccccc1. The fourth-order valence-electron chi connectivity index (χ4n) is 1.20. The van der Waals surface area contributed by atoms with E-state index in [1.807, 2.05) is 60.7 Å². The third-order valence-corrected chi connectivity index (χ3v) is 1.93. The van der Waals surface area contributed by atoms with E-state index >= 15 is 0 Å². The van der Waals surface area contributed by atoms with Gasteiger partial charge in [0.1, 0.15) is 0 Å². The fraction of sp³-hybridized carbons (Fsp3) is 0. The molecule has 0 N–H and O–H groups in total. The molecule has 0 radical (unpaired) electrons. The van der Waals surface area contributed by atoms with Gasteiger partial charge in [-0.15, -0.1) is 0 Å². The van der Waals surface area contributed by atoms with Crippen molar-refractivity contribution in [2.75, 3.05) is 0 Å². The maximum Gasteiger partial charge on any atom is 0.166 e. The normalized spacial score (nSPS) is 9.33. The van der Waals surface area contributed by atoms with E-state index < -0.39 is 0 Å². The monoisotopic (exact) mass is 197 g/mol. The zero-order chi connectivity index (χ0) is 10.3. The molecular formula is C13H11NO. The fourth-order valence-corrected chi connectivity index (χ4v) is 1.20. The molecule has 0 aliphatic heterocycles. The molecule has 1 heterocycles. The highest BCUT2D eigenvalue weighted by Gasteiger charge is 1.91. The number of hydrogen-bond donors (Lipinski definition) is 0.